The number of rotatable bonds is 0. The zero-order valence-corrected chi connectivity index (χ0v) is 9.16. The molecule has 0 unspecified atom stereocenters. The third kappa shape index (κ3) is 6.81. The van der Waals surface area contributed by atoms with E-state index in [-0.39, 0.29) is 0 Å². The van der Waals surface area contributed by atoms with E-state index in [9.17, 15) is 0 Å². The second kappa shape index (κ2) is 6.62. The smallest absolute Gasteiger partial charge is 0.402 e. The van der Waals surface area contributed by atoms with Crippen molar-refractivity contribution in [1.29, 1.82) is 0 Å². The lowest BCUT2D eigenvalue weighted by Gasteiger charge is -1.89. The first-order chi connectivity index (χ1) is 5.54. The minimum atomic E-state index is -2.17. The Morgan fingerprint density at radius 2 is 1.17 bits per heavy atom. The van der Waals surface area contributed by atoms with Gasteiger partial charge in [0.1, 0.15) is 0 Å². The molecule has 0 heterocycles. The Morgan fingerprint density at radius 3 is 1.33 bits per heavy atom. The molecule has 0 bridgehead atoms. The Hall–Kier alpha value is 0.125. The highest BCUT2D eigenvalue weighted by Gasteiger charge is 1.92. The van der Waals surface area contributed by atoms with Crippen molar-refractivity contribution in [2.45, 2.75) is 0 Å². The van der Waals surface area contributed by atoms with Gasteiger partial charge in [-0.25, -0.2) is 0 Å². The zero-order chi connectivity index (χ0) is 9.56. The van der Waals surface area contributed by atoms with Crippen molar-refractivity contribution in [2.75, 3.05) is 0 Å². The van der Waals surface area contributed by atoms with Gasteiger partial charge in [-0.05, 0) is 44.0 Å². The van der Waals surface area contributed by atoms with Crippen molar-refractivity contribution in [3.63, 3.8) is 0 Å². The van der Waals surface area contributed by atoms with Crippen LogP contribution in [0.1, 0.15) is 0 Å². The molecule has 0 aromatic heterocycles. The molecule has 0 spiro atoms. The average molecular weight is 298 g/mol. The summed E-state index contributed by atoms with van der Waals surface area (Å²) in [4.78, 5) is 0. The second-order valence-corrected chi connectivity index (χ2v) is 3.47. The highest BCUT2D eigenvalue weighted by molar-refractivity contribution is 9.13. The van der Waals surface area contributed by atoms with Gasteiger partial charge in [0.05, 0.1) is 0 Å². The molecular weight excluding hydrogens is 291 g/mol. The van der Waals surface area contributed by atoms with Gasteiger partial charge in [-0.2, -0.15) is 0 Å². The maximum atomic E-state index is 7.17. The molecule has 0 saturated carbocycles. The highest BCUT2D eigenvalue weighted by Crippen LogP contribution is 2.20. The molecule has 0 saturated heterocycles. The van der Waals surface area contributed by atoms with Crippen molar-refractivity contribution >= 4 is 39.2 Å². The molecule has 1 rings (SSSR count). The molecule has 3 N–H and O–H groups in total. The molecule has 12 heavy (non-hydrogen) atoms. The van der Waals surface area contributed by atoms with E-state index in [2.05, 4.69) is 31.9 Å². The molecule has 6 heteroatoms. The first-order valence-corrected chi connectivity index (χ1v) is 4.57. The number of halogens is 2. The Morgan fingerprint density at radius 1 is 0.917 bits per heavy atom. The SMILES string of the molecule is Brc1ccccc1Br.OB(O)O. The molecule has 0 aliphatic rings. The summed E-state index contributed by atoms with van der Waals surface area (Å²) in [5, 5.41) is 21.5. The van der Waals surface area contributed by atoms with Gasteiger partial charge < -0.3 is 15.1 Å². The summed E-state index contributed by atoms with van der Waals surface area (Å²) in [6.07, 6.45) is 0. The fourth-order valence-corrected chi connectivity index (χ4v) is 1.01. The Kier molecular flexibility index (Phi) is 6.69. The van der Waals surface area contributed by atoms with Gasteiger partial charge >= 0.3 is 7.32 Å². The molecule has 1 aromatic rings. The van der Waals surface area contributed by atoms with Crippen molar-refractivity contribution in [3.05, 3.63) is 33.2 Å². The predicted molar refractivity (Wildman–Crippen MR) is 54.3 cm³/mol. The summed E-state index contributed by atoms with van der Waals surface area (Å²) >= 11 is 6.70. The maximum Gasteiger partial charge on any atom is 0.631 e. The minimum absolute atomic E-state index is 1.10. The fraction of sp³-hybridized carbons (Fsp3) is 0. The van der Waals surface area contributed by atoms with Crippen LogP contribution in [0.3, 0.4) is 0 Å². The van der Waals surface area contributed by atoms with Crippen LogP contribution in [0.15, 0.2) is 33.2 Å². The van der Waals surface area contributed by atoms with Crippen molar-refractivity contribution in [3.8, 4) is 0 Å². The second-order valence-electron chi connectivity index (χ2n) is 1.76. The zero-order valence-electron chi connectivity index (χ0n) is 5.98. The van der Waals surface area contributed by atoms with Crippen LogP contribution in [0.5, 0.6) is 0 Å². The molecule has 1 aromatic carbocycles. The van der Waals surface area contributed by atoms with E-state index < -0.39 is 7.32 Å². The summed E-state index contributed by atoms with van der Waals surface area (Å²) in [6, 6.07) is 7.94. The van der Waals surface area contributed by atoms with Gasteiger partial charge in [-0.1, -0.05) is 12.1 Å². The van der Waals surface area contributed by atoms with Crippen molar-refractivity contribution < 1.29 is 15.1 Å². The first-order valence-electron chi connectivity index (χ1n) is 2.98. The third-order valence-electron chi connectivity index (χ3n) is 0.824. The van der Waals surface area contributed by atoms with E-state index in [1.807, 2.05) is 24.3 Å². The van der Waals surface area contributed by atoms with E-state index >= 15 is 0 Å². The van der Waals surface area contributed by atoms with Gasteiger partial charge in [-0.15, -0.1) is 0 Å². The van der Waals surface area contributed by atoms with Crippen LogP contribution in [0.4, 0.5) is 0 Å². The first kappa shape index (κ1) is 12.1. The number of benzene rings is 1. The monoisotopic (exact) mass is 296 g/mol. The molecule has 0 radical (unpaired) electrons. The fourth-order valence-electron chi connectivity index (χ4n) is 0.439. The Bertz CT molecular complexity index is 208. The Labute approximate surface area is 87.5 Å². The summed E-state index contributed by atoms with van der Waals surface area (Å²) < 4.78 is 2.19. The van der Waals surface area contributed by atoms with Crippen molar-refractivity contribution in [2.24, 2.45) is 0 Å². The van der Waals surface area contributed by atoms with Gasteiger partial charge in [0, 0.05) is 8.95 Å². The summed E-state index contributed by atoms with van der Waals surface area (Å²) in [7, 11) is -2.17. The predicted octanol–water partition coefficient (Wildman–Crippen LogP) is 1.16. The van der Waals surface area contributed by atoms with Crippen LogP contribution in [0.25, 0.3) is 0 Å². The van der Waals surface area contributed by atoms with Crippen molar-refractivity contribution in [1.82, 2.24) is 0 Å². The summed E-state index contributed by atoms with van der Waals surface area (Å²) in [5.74, 6) is 0. The van der Waals surface area contributed by atoms with E-state index in [0.717, 1.165) is 8.95 Å². The van der Waals surface area contributed by atoms with E-state index in [0.29, 0.717) is 0 Å². The van der Waals surface area contributed by atoms with Gasteiger partial charge in [0.25, 0.3) is 0 Å². The molecule has 3 nitrogen and oxygen atoms in total. The lowest BCUT2D eigenvalue weighted by atomic mass is 10.3. The molecule has 0 aliphatic carbocycles. The summed E-state index contributed by atoms with van der Waals surface area (Å²) in [6.45, 7) is 0. The molecule has 0 aliphatic heterocycles. The lowest BCUT2D eigenvalue weighted by molar-refractivity contribution is 0.278. The maximum absolute atomic E-state index is 7.17. The molecule has 0 fully saturated rings. The van der Waals surface area contributed by atoms with E-state index in [1.165, 1.54) is 0 Å². The van der Waals surface area contributed by atoms with Crippen LogP contribution in [-0.2, 0) is 0 Å². The Balaban J connectivity index is 0.000000261. The minimum Gasteiger partial charge on any atom is -0.402 e. The molecule has 0 amide bonds. The lowest BCUT2D eigenvalue weighted by Crippen LogP contribution is -2.07. The normalized spacial score (nSPS) is 8.42. The molecule has 66 valence electrons. The topological polar surface area (TPSA) is 60.7 Å². The average Bonchev–Trinajstić information content (AvgIpc) is 1.94. The van der Waals surface area contributed by atoms with Gasteiger partial charge in [-0.3, -0.25) is 0 Å². The summed E-state index contributed by atoms with van der Waals surface area (Å²) in [5.41, 5.74) is 0. The quantitative estimate of drug-likeness (QED) is 0.630. The van der Waals surface area contributed by atoms with Crippen LogP contribution in [-0.4, -0.2) is 22.4 Å². The van der Waals surface area contributed by atoms with Crippen LogP contribution >= 0.6 is 31.9 Å². The van der Waals surface area contributed by atoms with E-state index in [1.54, 1.807) is 0 Å². The van der Waals surface area contributed by atoms with Crippen LogP contribution < -0.4 is 0 Å². The van der Waals surface area contributed by atoms with Crippen LogP contribution in [0, 0.1) is 0 Å². The molecular formula is C6H7BBr2O3. The van der Waals surface area contributed by atoms with Crippen LogP contribution in [0.2, 0.25) is 0 Å². The highest BCUT2D eigenvalue weighted by atomic mass is 79.9. The standard InChI is InChI=1S/C6H4Br2.BH3O3/c7-5-3-1-2-4-6(5)8;2-1(3)4/h1-4H;2-4H. The largest absolute Gasteiger partial charge is 0.631 e. The third-order valence-corrected chi connectivity index (χ3v) is 2.74. The van der Waals surface area contributed by atoms with Gasteiger partial charge in [0.15, 0.2) is 0 Å². The van der Waals surface area contributed by atoms with E-state index in [4.69, 9.17) is 15.1 Å². The number of hydrogen-bond donors (Lipinski definition) is 3. The number of hydrogen-bond acceptors (Lipinski definition) is 3. The van der Waals surface area contributed by atoms with Gasteiger partial charge in [0.2, 0.25) is 0 Å². The molecule has 0 atom stereocenters.